The van der Waals surface area contributed by atoms with Crippen LogP contribution in [0.4, 0.5) is 0 Å². The molecule has 2 aromatic heterocycles. The Hall–Kier alpha value is -3.45. The molecule has 0 radical (unpaired) electrons. The topological polar surface area (TPSA) is 66.2 Å². The summed E-state index contributed by atoms with van der Waals surface area (Å²) in [6.45, 7) is 2.34. The Morgan fingerprint density at radius 3 is 2.46 bits per heavy atom. The second-order valence-electron chi connectivity index (χ2n) is 5.75. The Morgan fingerprint density at radius 1 is 1.00 bits per heavy atom. The number of hydrogen-bond donors (Lipinski definition) is 0. The second-order valence-corrected chi connectivity index (χ2v) is 6.70. The van der Waals surface area contributed by atoms with Gasteiger partial charge in [0.1, 0.15) is 0 Å². The minimum absolute atomic E-state index is 0.0152. The number of rotatable bonds is 6. The molecule has 6 nitrogen and oxygen atoms in total. The molecule has 4 rings (SSSR count). The van der Waals surface area contributed by atoms with E-state index in [-0.39, 0.29) is 5.82 Å². The van der Waals surface area contributed by atoms with Crippen molar-refractivity contribution in [2.24, 2.45) is 0 Å². The third kappa shape index (κ3) is 3.65. The average Bonchev–Trinajstić information content (AvgIpc) is 3.40. The van der Waals surface area contributed by atoms with Crippen LogP contribution in [0.15, 0.2) is 72.1 Å². The summed E-state index contributed by atoms with van der Waals surface area (Å²) in [5.74, 6) is 0.770. The maximum atomic E-state index is 12.7. The summed E-state index contributed by atoms with van der Waals surface area (Å²) in [5.41, 5.74) is 0.812. The van der Waals surface area contributed by atoms with Crippen LogP contribution >= 0.6 is 11.3 Å². The van der Waals surface area contributed by atoms with E-state index in [1.807, 2.05) is 60.8 Å². The van der Waals surface area contributed by atoms with Gasteiger partial charge in [0.15, 0.2) is 17.3 Å². The van der Waals surface area contributed by atoms with E-state index < -0.39 is 5.97 Å². The van der Waals surface area contributed by atoms with Gasteiger partial charge in [-0.05, 0) is 42.6 Å². The summed E-state index contributed by atoms with van der Waals surface area (Å²) >= 11 is 1.53. The number of hydrogen-bond acceptors (Lipinski definition) is 6. The fraction of sp³-hybridized carbons (Fsp3) is 0.0952. The number of carbonyl (C=O) groups excluding carboxylic acids is 1. The van der Waals surface area contributed by atoms with Crippen molar-refractivity contribution in [3.8, 4) is 27.9 Å². The van der Waals surface area contributed by atoms with Gasteiger partial charge < -0.3 is 9.47 Å². The molecule has 0 spiro atoms. The zero-order chi connectivity index (χ0) is 19.3. The van der Waals surface area contributed by atoms with Gasteiger partial charge in [0.25, 0.3) is 5.82 Å². The molecule has 140 valence electrons. The minimum atomic E-state index is -0.639. The zero-order valence-electron chi connectivity index (χ0n) is 15.1. The smallest absolute Gasteiger partial charge is 0.383 e. The lowest BCUT2D eigenvalue weighted by Crippen LogP contribution is -2.12. The lowest BCUT2D eigenvalue weighted by Gasteiger charge is -2.08. The first-order valence-corrected chi connectivity index (χ1v) is 9.64. The first kappa shape index (κ1) is 17.9. The van der Waals surface area contributed by atoms with Gasteiger partial charge in [-0.3, -0.25) is 0 Å². The molecule has 0 unspecified atom stereocenters. The van der Waals surface area contributed by atoms with Crippen molar-refractivity contribution in [1.29, 1.82) is 0 Å². The van der Waals surface area contributed by atoms with E-state index in [2.05, 4.69) is 10.1 Å². The number of ether oxygens (including phenoxy) is 2. The van der Waals surface area contributed by atoms with Gasteiger partial charge in [-0.1, -0.05) is 36.4 Å². The van der Waals surface area contributed by atoms with Crippen molar-refractivity contribution < 1.29 is 14.3 Å². The lowest BCUT2D eigenvalue weighted by atomic mass is 10.3. The zero-order valence-corrected chi connectivity index (χ0v) is 15.9. The predicted octanol–water partition coefficient (Wildman–Crippen LogP) is 4.61. The van der Waals surface area contributed by atoms with E-state index in [4.69, 9.17) is 9.47 Å². The van der Waals surface area contributed by atoms with Crippen LogP contribution in [0.3, 0.4) is 0 Å². The molecule has 0 aliphatic carbocycles. The first-order valence-electron chi connectivity index (χ1n) is 8.76. The van der Waals surface area contributed by atoms with E-state index in [0.29, 0.717) is 23.9 Å². The molecular formula is C21H17N3O3S. The summed E-state index contributed by atoms with van der Waals surface area (Å²) < 4.78 is 12.7. The van der Waals surface area contributed by atoms with Crippen LogP contribution in [-0.4, -0.2) is 27.3 Å². The van der Waals surface area contributed by atoms with E-state index in [1.54, 1.807) is 22.9 Å². The summed E-state index contributed by atoms with van der Waals surface area (Å²) in [6.07, 6.45) is 0. The fourth-order valence-electron chi connectivity index (χ4n) is 2.67. The molecule has 2 aromatic carbocycles. The number of esters is 1. The molecule has 0 bridgehead atoms. The van der Waals surface area contributed by atoms with Crippen molar-refractivity contribution in [3.05, 3.63) is 77.9 Å². The highest BCUT2D eigenvalue weighted by Crippen LogP contribution is 2.28. The maximum Gasteiger partial charge on any atom is 0.383 e. The van der Waals surface area contributed by atoms with Crippen LogP contribution in [0, 0.1) is 0 Å². The Bertz CT molecular complexity index is 1080. The minimum Gasteiger partial charge on any atom is -0.490 e. The van der Waals surface area contributed by atoms with Crippen LogP contribution in [0.1, 0.15) is 17.5 Å². The fourth-order valence-corrected chi connectivity index (χ4v) is 3.37. The van der Waals surface area contributed by atoms with Gasteiger partial charge in [-0.2, -0.15) is 4.98 Å². The molecule has 0 saturated heterocycles. The van der Waals surface area contributed by atoms with Gasteiger partial charge in [-0.15, -0.1) is 16.4 Å². The Balaban J connectivity index is 1.70. The van der Waals surface area contributed by atoms with Crippen molar-refractivity contribution in [2.75, 3.05) is 6.61 Å². The normalized spacial score (nSPS) is 10.6. The Labute approximate surface area is 166 Å². The van der Waals surface area contributed by atoms with Crippen LogP contribution in [0.2, 0.25) is 0 Å². The van der Waals surface area contributed by atoms with Gasteiger partial charge in [0, 0.05) is 0 Å². The predicted molar refractivity (Wildman–Crippen MR) is 107 cm³/mol. The van der Waals surface area contributed by atoms with Gasteiger partial charge in [-0.25, -0.2) is 9.48 Å². The average molecular weight is 391 g/mol. The summed E-state index contributed by atoms with van der Waals surface area (Å²) in [6, 6.07) is 20.4. The van der Waals surface area contributed by atoms with Crippen molar-refractivity contribution in [1.82, 2.24) is 14.8 Å². The molecule has 0 fully saturated rings. The van der Waals surface area contributed by atoms with Gasteiger partial charge >= 0.3 is 5.97 Å². The highest BCUT2D eigenvalue weighted by atomic mass is 32.1. The molecule has 0 amide bonds. The lowest BCUT2D eigenvalue weighted by molar-refractivity contribution is 0.0715. The van der Waals surface area contributed by atoms with Gasteiger partial charge in [0.05, 0.1) is 17.2 Å². The van der Waals surface area contributed by atoms with Crippen molar-refractivity contribution in [2.45, 2.75) is 6.92 Å². The highest BCUT2D eigenvalue weighted by molar-refractivity contribution is 7.13. The number of carbonyl (C=O) groups is 1. The van der Waals surface area contributed by atoms with Crippen molar-refractivity contribution >= 4 is 17.3 Å². The number of aromatic nitrogens is 3. The van der Waals surface area contributed by atoms with Crippen molar-refractivity contribution in [3.63, 3.8) is 0 Å². The molecule has 4 aromatic rings. The highest BCUT2D eigenvalue weighted by Gasteiger charge is 2.22. The third-order valence-electron chi connectivity index (χ3n) is 3.88. The summed E-state index contributed by atoms with van der Waals surface area (Å²) in [5, 5.41) is 6.36. The van der Waals surface area contributed by atoms with Crippen LogP contribution in [0.25, 0.3) is 16.4 Å². The second kappa shape index (κ2) is 8.06. The molecule has 0 aliphatic rings. The Kier molecular flexibility index (Phi) is 5.16. The Morgan fingerprint density at radius 2 is 1.75 bits per heavy atom. The first-order chi connectivity index (χ1) is 13.8. The van der Waals surface area contributed by atoms with Gasteiger partial charge in [0.2, 0.25) is 0 Å². The molecule has 2 heterocycles. The summed E-state index contributed by atoms with van der Waals surface area (Å²) in [7, 11) is 0. The maximum absolute atomic E-state index is 12.7. The SMILES string of the molecule is CCOc1ccccc1OC(=O)c1nc(-c2cccs2)n(-c2ccccc2)n1. The molecule has 0 saturated carbocycles. The molecule has 28 heavy (non-hydrogen) atoms. The molecule has 7 heteroatoms. The third-order valence-corrected chi connectivity index (χ3v) is 4.75. The molecule has 0 atom stereocenters. The largest absolute Gasteiger partial charge is 0.490 e. The number of thiophene rings is 1. The molecule has 0 aliphatic heterocycles. The van der Waals surface area contributed by atoms with Crippen LogP contribution in [0.5, 0.6) is 11.5 Å². The molecule has 0 N–H and O–H groups in total. The van der Waals surface area contributed by atoms with E-state index in [1.165, 1.54) is 11.3 Å². The van der Waals surface area contributed by atoms with Crippen LogP contribution in [-0.2, 0) is 0 Å². The number of benzene rings is 2. The summed E-state index contributed by atoms with van der Waals surface area (Å²) in [4.78, 5) is 18.1. The number of para-hydroxylation sites is 3. The van der Waals surface area contributed by atoms with E-state index in [0.717, 1.165) is 10.6 Å². The van der Waals surface area contributed by atoms with E-state index in [9.17, 15) is 4.79 Å². The number of nitrogens with zero attached hydrogens (tertiary/aromatic N) is 3. The quantitative estimate of drug-likeness (QED) is 0.355. The standard InChI is InChI=1S/C21H17N3O3S/c1-2-26-16-11-6-7-12-17(16)27-21(25)19-22-20(18-13-8-14-28-18)24(23-19)15-9-4-3-5-10-15/h3-14H,2H2,1H3. The van der Waals surface area contributed by atoms with E-state index >= 15 is 0 Å². The molecular weight excluding hydrogens is 374 g/mol. The van der Waals surface area contributed by atoms with Crippen LogP contribution < -0.4 is 9.47 Å². The monoisotopic (exact) mass is 391 g/mol.